The maximum absolute atomic E-state index is 12.9. The fourth-order valence-electron chi connectivity index (χ4n) is 2.47. The van der Waals surface area contributed by atoms with Crippen molar-refractivity contribution in [1.82, 2.24) is 0 Å². The van der Waals surface area contributed by atoms with Crippen LogP contribution in [0.5, 0.6) is 0 Å². The van der Waals surface area contributed by atoms with E-state index in [0.717, 1.165) is 12.0 Å². The molecule has 0 aliphatic rings. The second-order valence-electron chi connectivity index (χ2n) is 5.96. The van der Waals surface area contributed by atoms with Crippen molar-refractivity contribution < 1.29 is 14.7 Å². The van der Waals surface area contributed by atoms with Crippen LogP contribution in [0.15, 0.2) is 48.5 Å². The topological polar surface area (TPSA) is 54.4 Å². The van der Waals surface area contributed by atoms with Crippen LogP contribution >= 0.6 is 0 Å². The Balaban J connectivity index is 2.59. The molecule has 2 aromatic rings. The quantitative estimate of drug-likeness (QED) is 0.837. The van der Waals surface area contributed by atoms with Gasteiger partial charge in [0.1, 0.15) is 0 Å². The van der Waals surface area contributed by atoms with E-state index in [4.69, 9.17) is 0 Å². The average Bonchev–Trinajstić information content (AvgIpc) is 2.54. The summed E-state index contributed by atoms with van der Waals surface area (Å²) in [4.78, 5) is 24.2. The van der Waals surface area contributed by atoms with Gasteiger partial charge in [0, 0.05) is 11.1 Å². The predicted molar refractivity (Wildman–Crippen MR) is 86.6 cm³/mol. The van der Waals surface area contributed by atoms with Crippen molar-refractivity contribution in [1.29, 1.82) is 0 Å². The Morgan fingerprint density at radius 2 is 1.41 bits per heavy atom. The lowest BCUT2D eigenvalue weighted by atomic mass is 9.78. The van der Waals surface area contributed by atoms with Gasteiger partial charge in [0.05, 0.1) is 5.56 Å². The van der Waals surface area contributed by atoms with Gasteiger partial charge in [-0.05, 0) is 23.5 Å². The van der Waals surface area contributed by atoms with Crippen molar-refractivity contribution in [2.45, 2.75) is 32.6 Å². The lowest BCUT2D eigenvalue weighted by Crippen LogP contribution is -2.21. The molecule has 0 aromatic heterocycles. The van der Waals surface area contributed by atoms with Crippen LogP contribution in [0.3, 0.4) is 0 Å². The van der Waals surface area contributed by atoms with Crippen LogP contribution in [0.1, 0.15) is 59.0 Å². The van der Waals surface area contributed by atoms with E-state index in [1.807, 2.05) is 18.2 Å². The van der Waals surface area contributed by atoms with Gasteiger partial charge in [0.25, 0.3) is 0 Å². The summed E-state index contributed by atoms with van der Waals surface area (Å²) < 4.78 is 0. The van der Waals surface area contributed by atoms with Gasteiger partial charge in [0.15, 0.2) is 5.78 Å². The van der Waals surface area contributed by atoms with E-state index < -0.39 is 5.97 Å². The Bertz CT molecular complexity index is 714. The molecule has 0 amide bonds. The molecular formula is C19H20O3. The molecule has 0 bridgehead atoms. The molecule has 0 fully saturated rings. The summed E-state index contributed by atoms with van der Waals surface area (Å²) in [7, 11) is 0. The lowest BCUT2D eigenvalue weighted by Gasteiger charge is -2.26. The van der Waals surface area contributed by atoms with Crippen LogP contribution in [0.2, 0.25) is 0 Å². The minimum atomic E-state index is -1.09. The van der Waals surface area contributed by atoms with Crippen LogP contribution in [0.25, 0.3) is 0 Å². The first-order chi connectivity index (χ1) is 10.4. The standard InChI is InChI=1S/C19H20O3/c1-4-19(2,3)16-12-8-7-11-15(16)17(20)13-9-5-6-10-14(13)18(21)22/h5-12H,4H2,1-3H3,(H,21,22). The van der Waals surface area contributed by atoms with Crippen molar-refractivity contribution in [3.63, 3.8) is 0 Å². The lowest BCUT2D eigenvalue weighted by molar-refractivity contribution is 0.0693. The first-order valence-corrected chi connectivity index (χ1v) is 7.35. The van der Waals surface area contributed by atoms with Gasteiger partial charge in [-0.2, -0.15) is 0 Å². The Kier molecular flexibility index (Phi) is 4.45. The van der Waals surface area contributed by atoms with Gasteiger partial charge in [0.2, 0.25) is 0 Å². The van der Waals surface area contributed by atoms with Crippen LogP contribution in [0, 0.1) is 0 Å². The average molecular weight is 296 g/mol. The normalized spacial score (nSPS) is 11.2. The first-order valence-electron chi connectivity index (χ1n) is 7.35. The minimum Gasteiger partial charge on any atom is -0.478 e. The molecule has 1 N–H and O–H groups in total. The van der Waals surface area contributed by atoms with Gasteiger partial charge < -0.3 is 5.11 Å². The molecule has 0 heterocycles. The number of hydrogen-bond acceptors (Lipinski definition) is 2. The number of carboxylic acids is 1. The Hall–Kier alpha value is -2.42. The predicted octanol–water partition coefficient (Wildman–Crippen LogP) is 4.30. The van der Waals surface area contributed by atoms with Crippen molar-refractivity contribution in [2.75, 3.05) is 0 Å². The van der Waals surface area contributed by atoms with Crippen molar-refractivity contribution in [2.24, 2.45) is 0 Å². The number of carboxylic acid groups (broad SMARTS) is 1. The summed E-state index contributed by atoms with van der Waals surface area (Å²) >= 11 is 0. The van der Waals surface area contributed by atoms with Gasteiger partial charge in [-0.1, -0.05) is 63.2 Å². The molecule has 22 heavy (non-hydrogen) atoms. The SMILES string of the molecule is CCC(C)(C)c1ccccc1C(=O)c1ccccc1C(=O)O. The highest BCUT2D eigenvalue weighted by molar-refractivity contribution is 6.15. The highest BCUT2D eigenvalue weighted by Crippen LogP contribution is 2.31. The molecule has 114 valence electrons. The van der Waals surface area contributed by atoms with E-state index in [2.05, 4.69) is 20.8 Å². The summed E-state index contributed by atoms with van der Waals surface area (Å²) in [5.41, 5.74) is 1.64. The summed E-state index contributed by atoms with van der Waals surface area (Å²) in [5, 5.41) is 9.28. The van der Waals surface area contributed by atoms with Crippen molar-refractivity contribution >= 4 is 11.8 Å². The van der Waals surface area contributed by atoms with Gasteiger partial charge in [-0.3, -0.25) is 4.79 Å². The molecule has 0 atom stereocenters. The second kappa shape index (κ2) is 6.14. The zero-order valence-electron chi connectivity index (χ0n) is 13.1. The maximum Gasteiger partial charge on any atom is 0.336 e. The molecular weight excluding hydrogens is 276 g/mol. The molecule has 0 unspecified atom stereocenters. The van der Waals surface area contributed by atoms with Crippen molar-refractivity contribution in [3.8, 4) is 0 Å². The van der Waals surface area contributed by atoms with Gasteiger partial charge in [-0.15, -0.1) is 0 Å². The molecule has 3 heteroatoms. The number of ketones is 1. The third kappa shape index (κ3) is 2.93. The number of carbonyl (C=O) groups is 2. The summed E-state index contributed by atoms with van der Waals surface area (Å²) in [6.07, 6.45) is 0.887. The molecule has 0 aliphatic heterocycles. The zero-order chi connectivity index (χ0) is 16.3. The highest BCUT2D eigenvalue weighted by Gasteiger charge is 2.26. The zero-order valence-corrected chi connectivity index (χ0v) is 13.1. The van der Waals surface area contributed by atoms with E-state index in [9.17, 15) is 14.7 Å². The number of carbonyl (C=O) groups excluding carboxylic acids is 1. The molecule has 3 nitrogen and oxygen atoms in total. The molecule has 0 saturated heterocycles. The Morgan fingerprint density at radius 1 is 0.909 bits per heavy atom. The van der Waals surface area contributed by atoms with E-state index in [1.165, 1.54) is 6.07 Å². The fourth-order valence-corrected chi connectivity index (χ4v) is 2.47. The van der Waals surface area contributed by atoms with Gasteiger partial charge >= 0.3 is 5.97 Å². The summed E-state index contributed by atoms with van der Waals surface area (Å²) in [5.74, 6) is -1.33. The molecule has 0 saturated carbocycles. The highest BCUT2D eigenvalue weighted by atomic mass is 16.4. The van der Waals surface area contributed by atoms with Crippen LogP contribution in [-0.4, -0.2) is 16.9 Å². The molecule has 0 aliphatic carbocycles. The maximum atomic E-state index is 12.9. The van der Waals surface area contributed by atoms with Crippen LogP contribution in [-0.2, 0) is 5.41 Å². The molecule has 0 radical (unpaired) electrons. The van der Waals surface area contributed by atoms with E-state index in [1.54, 1.807) is 24.3 Å². The van der Waals surface area contributed by atoms with Gasteiger partial charge in [-0.25, -0.2) is 4.79 Å². The van der Waals surface area contributed by atoms with Crippen LogP contribution in [0.4, 0.5) is 0 Å². The number of rotatable bonds is 5. The Labute approximate surface area is 130 Å². The monoisotopic (exact) mass is 296 g/mol. The number of hydrogen-bond donors (Lipinski definition) is 1. The summed E-state index contributed by atoms with van der Waals surface area (Å²) in [6.45, 7) is 6.25. The summed E-state index contributed by atoms with van der Waals surface area (Å²) in [6, 6.07) is 13.8. The van der Waals surface area contributed by atoms with E-state index in [0.29, 0.717) is 5.56 Å². The van der Waals surface area contributed by atoms with E-state index >= 15 is 0 Å². The number of benzene rings is 2. The molecule has 0 spiro atoms. The largest absolute Gasteiger partial charge is 0.478 e. The van der Waals surface area contributed by atoms with Crippen molar-refractivity contribution in [3.05, 3.63) is 70.8 Å². The third-order valence-corrected chi connectivity index (χ3v) is 4.19. The first kappa shape index (κ1) is 16.0. The van der Waals surface area contributed by atoms with E-state index in [-0.39, 0.29) is 22.3 Å². The third-order valence-electron chi connectivity index (χ3n) is 4.19. The Morgan fingerprint density at radius 3 is 1.95 bits per heavy atom. The number of aromatic carboxylic acids is 1. The van der Waals surface area contributed by atoms with Crippen LogP contribution < -0.4 is 0 Å². The molecule has 2 rings (SSSR count). The second-order valence-corrected chi connectivity index (χ2v) is 5.96. The smallest absolute Gasteiger partial charge is 0.336 e. The fraction of sp³-hybridized carbons (Fsp3) is 0.263. The molecule has 2 aromatic carbocycles. The minimum absolute atomic E-state index is 0.0385.